The van der Waals surface area contributed by atoms with Gasteiger partial charge in [-0.1, -0.05) is 19.8 Å². The van der Waals surface area contributed by atoms with Gasteiger partial charge in [-0.25, -0.2) is 4.39 Å². The molecule has 31 heavy (non-hydrogen) atoms. The largest absolute Gasteiger partial charge is 0.377 e. The monoisotopic (exact) mass is 425 g/mol. The molecule has 0 bridgehead atoms. The second-order valence-corrected chi connectivity index (χ2v) is 8.44. The lowest BCUT2D eigenvalue weighted by atomic mass is 10.1. The Morgan fingerprint density at radius 1 is 1.06 bits per heavy atom. The number of hydrogen-bond acceptors (Lipinski definition) is 3. The van der Waals surface area contributed by atoms with Crippen molar-refractivity contribution in [3.05, 3.63) is 59.4 Å². The number of carbonyl (C=O) groups is 2. The quantitative estimate of drug-likeness (QED) is 0.642. The Labute approximate surface area is 184 Å². The van der Waals surface area contributed by atoms with E-state index in [0.717, 1.165) is 49.0 Å². The zero-order valence-electron chi connectivity index (χ0n) is 18.7. The zero-order valence-corrected chi connectivity index (χ0v) is 18.7. The molecule has 1 N–H and O–H groups in total. The van der Waals surface area contributed by atoms with E-state index in [0.29, 0.717) is 18.7 Å². The third-order valence-electron chi connectivity index (χ3n) is 5.79. The summed E-state index contributed by atoms with van der Waals surface area (Å²) in [5, 5.41) is 3.06. The molecule has 0 unspecified atom stereocenters. The maximum atomic E-state index is 13.3. The van der Waals surface area contributed by atoms with Gasteiger partial charge in [-0.2, -0.15) is 0 Å². The molecule has 166 valence electrons. The fourth-order valence-electron chi connectivity index (χ4n) is 4.16. The molecule has 0 saturated heterocycles. The van der Waals surface area contributed by atoms with Crippen molar-refractivity contribution in [2.24, 2.45) is 5.92 Å². The maximum Gasteiger partial charge on any atom is 0.254 e. The molecular weight excluding hydrogens is 393 g/mol. The average Bonchev–Trinajstić information content (AvgIpc) is 3.28. The van der Waals surface area contributed by atoms with Crippen LogP contribution in [-0.4, -0.2) is 37.4 Å². The molecule has 2 aromatic carbocycles. The van der Waals surface area contributed by atoms with Gasteiger partial charge in [0.2, 0.25) is 5.91 Å². The molecule has 2 aromatic rings. The molecule has 2 amide bonds. The van der Waals surface area contributed by atoms with Gasteiger partial charge >= 0.3 is 0 Å². The van der Waals surface area contributed by atoms with E-state index in [1.807, 2.05) is 44.1 Å². The number of hydrogen-bond donors (Lipinski definition) is 1. The van der Waals surface area contributed by atoms with Gasteiger partial charge < -0.3 is 15.1 Å². The summed E-state index contributed by atoms with van der Waals surface area (Å²) < 4.78 is 13.3. The Balaban J connectivity index is 1.83. The minimum Gasteiger partial charge on any atom is -0.377 e. The van der Waals surface area contributed by atoms with Gasteiger partial charge in [0.1, 0.15) is 5.82 Å². The predicted octanol–water partition coefficient (Wildman–Crippen LogP) is 5.07. The van der Waals surface area contributed by atoms with Crippen molar-refractivity contribution in [3.8, 4) is 0 Å². The van der Waals surface area contributed by atoms with Crippen LogP contribution < -0.4 is 10.2 Å². The van der Waals surface area contributed by atoms with Crippen molar-refractivity contribution < 1.29 is 14.0 Å². The summed E-state index contributed by atoms with van der Waals surface area (Å²) in [4.78, 5) is 29.4. The minimum absolute atomic E-state index is 0.0776. The SMILES string of the molecule is CCCN(Cc1cc(NC(=O)C2CCCC2)ccc1N(C)C)C(=O)c1ccc(F)cc1. The molecule has 1 fully saturated rings. The molecule has 1 aliphatic carbocycles. The van der Waals surface area contributed by atoms with E-state index in [2.05, 4.69) is 5.32 Å². The first-order valence-corrected chi connectivity index (χ1v) is 11.0. The van der Waals surface area contributed by atoms with Crippen LogP contribution in [0, 0.1) is 11.7 Å². The maximum absolute atomic E-state index is 13.3. The first kappa shape index (κ1) is 22.8. The van der Waals surface area contributed by atoms with Gasteiger partial charge in [0.05, 0.1) is 0 Å². The Hall–Kier alpha value is -2.89. The van der Waals surface area contributed by atoms with Gasteiger partial charge in [-0.3, -0.25) is 9.59 Å². The van der Waals surface area contributed by atoms with Crippen LogP contribution in [0.5, 0.6) is 0 Å². The summed E-state index contributed by atoms with van der Waals surface area (Å²) in [6.45, 7) is 3.02. The van der Waals surface area contributed by atoms with Crippen molar-refractivity contribution in [1.29, 1.82) is 0 Å². The normalized spacial score (nSPS) is 13.8. The zero-order chi connectivity index (χ0) is 22.4. The van der Waals surface area contributed by atoms with Crippen LogP contribution in [0.4, 0.5) is 15.8 Å². The Kier molecular flexibility index (Phi) is 7.66. The number of amides is 2. The van der Waals surface area contributed by atoms with Crippen molar-refractivity contribution in [2.75, 3.05) is 30.9 Å². The second-order valence-electron chi connectivity index (χ2n) is 8.44. The van der Waals surface area contributed by atoms with Crippen LogP contribution in [0.2, 0.25) is 0 Å². The first-order valence-electron chi connectivity index (χ1n) is 11.0. The molecule has 0 aromatic heterocycles. The highest BCUT2D eigenvalue weighted by Crippen LogP contribution is 2.28. The van der Waals surface area contributed by atoms with E-state index < -0.39 is 0 Å². The fraction of sp³-hybridized carbons (Fsp3) is 0.440. The third-order valence-corrected chi connectivity index (χ3v) is 5.79. The molecule has 1 aliphatic rings. The van der Waals surface area contributed by atoms with E-state index in [4.69, 9.17) is 0 Å². The lowest BCUT2D eigenvalue weighted by molar-refractivity contribution is -0.119. The number of anilines is 2. The van der Waals surface area contributed by atoms with E-state index in [1.54, 1.807) is 4.90 Å². The van der Waals surface area contributed by atoms with Crippen LogP contribution >= 0.6 is 0 Å². The number of nitrogens with one attached hydrogen (secondary N) is 1. The highest BCUT2D eigenvalue weighted by Gasteiger charge is 2.23. The lowest BCUT2D eigenvalue weighted by Crippen LogP contribution is -2.32. The van der Waals surface area contributed by atoms with Crippen molar-refractivity contribution >= 4 is 23.2 Å². The van der Waals surface area contributed by atoms with E-state index in [-0.39, 0.29) is 23.5 Å². The van der Waals surface area contributed by atoms with Crippen LogP contribution in [0.15, 0.2) is 42.5 Å². The molecule has 0 atom stereocenters. The Morgan fingerprint density at radius 2 is 1.74 bits per heavy atom. The van der Waals surface area contributed by atoms with Crippen LogP contribution in [0.3, 0.4) is 0 Å². The van der Waals surface area contributed by atoms with Crippen LogP contribution in [0.25, 0.3) is 0 Å². The minimum atomic E-state index is -0.362. The molecule has 1 saturated carbocycles. The fourth-order valence-corrected chi connectivity index (χ4v) is 4.16. The number of rotatable bonds is 8. The van der Waals surface area contributed by atoms with Gasteiger partial charge in [-0.05, 0) is 67.3 Å². The number of nitrogens with zero attached hydrogens (tertiary/aromatic N) is 2. The molecule has 3 rings (SSSR count). The standard InChI is InChI=1S/C25H32FN3O2/c1-4-15-29(25(31)19-9-11-21(26)12-10-19)17-20-16-22(13-14-23(20)28(2)3)27-24(30)18-7-5-6-8-18/h9-14,16,18H,4-8,15,17H2,1-3H3,(H,27,30). The first-order chi connectivity index (χ1) is 14.9. The number of benzene rings is 2. The third kappa shape index (κ3) is 5.84. The van der Waals surface area contributed by atoms with Crippen LogP contribution in [0.1, 0.15) is 54.9 Å². The molecule has 0 aliphatic heterocycles. The molecule has 0 heterocycles. The molecule has 5 nitrogen and oxygen atoms in total. The summed E-state index contributed by atoms with van der Waals surface area (Å²) >= 11 is 0. The average molecular weight is 426 g/mol. The Morgan fingerprint density at radius 3 is 2.35 bits per heavy atom. The van der Waals surface area contributed by atoms with Gasteiger partial charge in [0.15, 0.2) is 0 Å². The molecular formula is C25H32FN3O2. The van der Waals surface area contributed by atoms with Gasteiger partial charge in [0, 0.05) is 50.0 Å². The summed E-state index contributed by atoms with van der Waals surface area (Å²) in [6, 6.07) is 11.5. The predicted molar refractivity (Wildman–Crippen MR) is 123 cm³/mol. The summed E-state index contributed by atoms with van der Waals surface area (Å²) in [7, 11) is 3.92. The summed E-state index contributed by atoms with van der Waals surface area (Å²) in [6.07, 6.45) is 4.93. The van der Waals surface area contributed by atoms with E-state index >= 15 is 0 Å². The number of carbonyl (C=O) groups excluding carboxylic acids is 2. The van der Waals surface area contributed by atoms with Crippen molar-refractivity contribution in [2.45, 2.75) is 45.6 Å². The van der Waals surface area contributed by atoms with Gasteiger partial charge in [-0.15, -0.1) is 0 Å². The van der Waals surface area contributed by atoms with Gasteiger partial charge in [0.25, 0.3) is 5.91 Å². The summed E-state index contributed by atoms with van der Waals surface area (Å²) in [5.41, 5.74) is 3.17. The topological polar surface area (TPSA) is 52.7 Å². The van der Waals surface area contributed by atoms with E-state index in [9.17, 15) is 14.0 Å². The molecule has 6 heteroatoms. The molecule has 0 radical (unpaired) electrons. The highest BCUT2D eigenvalue weighted by molar-refractivity contribution is 5.95. The van der Waals surface area contributed by atoms with E-state index in [1.165, 1.54) is 24.3 Å². The van der Waals surface area contributed by atoms with Crippen molar-refractivity contribution in [1.82, 2.24) is 4.90 Å². The highest BCUT2D eigenvalue weighted by atomic mass is 19.1. The Bertz CT molecular complexity index is 905. The number of halogens is 1. The second kappa shape index (κ2) is 10.4. The smallest absolute Gasteiger partial charge is 0.254 e. The summed E-state index contributed by atoms with van der Waals surface area (Å²) in [5.74, 6) is -0.325. The van der Waals surface area contributed by atoms with Crippen LogP contribution in [-0.2, 0) is 11.3 Å². The lowest BCUT2D eigenvalue weighted by Gasteiger charge is -2.26. The van der Waals surface area contributed by atoms with Crippen molar-refractivity contribution in [3.63, 3.8) is 0 Å². The molecule has 0 spiro atoms.